The molecular formula is C21H25N3O3. The highest BCUT2D eigenvalue weighted by Crippen LogP contribution is 2.25. The van der Waals surface area contributed by atoms with E-state index >= 15 is 0 Å². The standard InChI is InChI=1S/C21H25N3O3/c1-14-8-15(2)10-17(9-14)22-21(26)23-13-20(25)24(12-16(23)3)18-6-5-7-19(11-18)27-4/h5-11,16H,12-13H2,1-4H3,(H,22,26)/t16-/m0/s1. The van der Waals surface area contributed by atoms with Crippen LogP contribution in [0.4, 0.5) is 16.2 Å². The number of nitrogens with one attached hydrogen (secondary N) is 1. The SMILES string of the molecule is COc1cccc(N2C[C@H](C)N(C(=O)Nc3cc(C)cc(C)c3)CC2=O)c1. The molecule has 0 bridgehead atoms. The predicted octanol–water partition coefficient (Wildman–Crippen LogP) is 3.58. The number of methoxy groups -OCH3 is 1. The Balaban J connectivity index is 1.72. The lowest BCUT2D eigenvalue weighted by atomic mass is 10.1. The third-order valence-electron chi connectivity index (χ3n) is 4.68. The minimum Gasteiger partial charge on any atom is -0.497 e. The second-order valence-corrected chi connectivity index (χ2v) is 6.99. The van der Waals surface area contributed by atoms with Gasteiger partial charge in [0, 0.05) is 30.0 Å². The molecule has 1 N–H and O–H groups in total. The number of hydrogen-bond donors (Lipinski definition) is 1. The van der Waals surface area contributed by atoms with Crippen molar-refractivity contribution in [2.24, 2.45) is 0 Å². The molecule has 2 aromatic rings. The lowest BCUT2D eigenvalue weighted by Crippen LogP contribution is -2.58. The van der Waals surface area contributed by atoms with Gasteiger partial charge < -0.3 is 19.9 Å². The molecule has 27 heavy (non-hydrogen) atoms. The molecule has 0 spiro atoms. The van der Waals surface area contributed by atoms with Gasteiger partial charge in [0.15, 0.2) is 0 Å². The number of urea groups is 1. The Kier molecular flexibility index (Phi) is 5.35. The first kappa shape index (κ1) is 18.8. The van der Waals surface area contributed by atoms with Crippen molar-refractivity contribution >= 4 is 23.3 Å². The summed E-state index contributed by atoms with van der Waals surface area (Å²) in [7, 11) is 1.60. The molecule has 0 radical (unpaired) electrons. The molecule has 6 nitrogen and oxygen atoms in total. The smallest absolute Gasteiger partial charge is 0.322 e. The van der Waals surface area contributed by atoms with E-state index in [1.807, 2.05) is 57.2 Å². The number of nitrogens with zero attached hydrogens (tertiary/aromatic N) is 2. The molecule has 1 aliphatic heterocycles. The van der Waals surface area contributed by atoms with Gasteiger partial charge in [-0.05, 0) is 56.2 Å². The largest absolute Gasteiger partial charge is 0.497 e. The third-order valence-corrected chi connectivity index (χ3v) is 4.68. The van der Waals surface area contributed by atoms with Crippen LogP contribution < -0.4 is 15.0 Å². The summed E-state index contributed by atoms with van der Waals surface area (Å²) >= 11 is 0. The van der Waals surface area contributed by atoms with Crippen LogP contribution in [0.1, 0.15) is 18.1 Å². The third kappa shape index (κ3) is 4.22. The zero-order valence-electron chi connectivity index (χ0n) is 16.2. The highest BCUT2D eigenvalue weighted by molar-refractivity contribution is 6.00. The van der Waals surface area contributed by atoms with Crippen LogP contribution in [0.3, 0.4) is 0 Å². The maximum Gasteiger partial charge on any atom is 0.322 e. The van der Waals surface area contributed by atoms with Crippen molar-refractivity contribution in [2.75, 3.05) is 30.4 Å². The molecule has 1 atom stereocenters. The predicted molar refractivity (Wildman–Crippen MR) is 106 cm³/mol. The number of rotatable bonds is 3. The first-order valence-electron chi connectivity index (χ1n) is 8.97. The Morgan fingerprint density at radius 2 is 1.85 bits per heavy atom. The lowest BCUT2D eigenvalue weighted by molar-refractivity contribution is -0.121. The minimum atomic E-state index is -0.258. The highest BCUT2D eigenvalue weighted by Gasteiger charge is 2.33. The number of benzene rings is 2. The molecule has 1 heterocycles. The van der Waals surface area contributed by atoms with Crippen LogP contribution in [0.2, 0.25) is 0 Å². The van der Waals surface area contributed by atoms with Crippen LogP contribution in [-0.4, -0.2) is 43.1 Å². The van der Waals surface area contributed by atoms with Gasteiger partial charge in [-0.15, -0.1) is 0 Å². The fraction of sp³-hybridized carbons (Fsp3) is 0.333. The van der Waals surface area contributed by atoms with Crippen LogP contribution in [0.5, 0.6) is 5.75 Å². The van der Waals surface area contributed by atoms with Gasteiger partial charge in [-0.1, -0.05) is 12.1 Å². The van der Waals surface area contributed by atoms with E-state index in [0.717, 1.165) is 22.5 Å². The highest BCUT2D eigenvalue weighted by atomic mass is 16.5. The van der Waals surface area contributed by atoms with Crippen LogP contribution in [-0.2, 0) is 4.79 Å². The van der Waals surface area contributed by atoms with Gasteiger partial charge in [-0.25, -0.2) is 4.79 Å². The van der Waals surface area contributed by atoms with E-state index in [1.54, 1.807) is 16.9 Å². The average Bonchev–Trinajstić information content (AvgIpc) is 2.62. The quantitative estimate of drug-likeness (QED) is 0.902. The number of piperazine rings is 1. The molecule has 1 aliphatic rings. The fourth-order valence-corrected chi connectivity index (χ4v) is 3.39. The average molecular weight is 367 g/mol. The summed E-state index contributed by atoms with van der Waals surface area (Å²) in [6.07, 6.45) is 0. The Morgan fingerprint density at radius 1 is 1.15 bits per heavy atom. The summed E-state index contributed by atoms with van der Waals surface area (Å²) in [5, 5.41) is 2.91. The first-order valence-corrected chi connectivity index (χ1v) is 8.97. The van der Waals surface area contributed by atoms with E-state index in [0.29, 0.717) is 12.3 Å². The van der Waals surface area contributed by atoms with Crippen molar-refractivity contribution in [3.8, 4) is 5.75 Å². The monoisotopic (exact) mass is 367 g/mol. The van der Waals surface area contributed by atoms with Crippen LogP contribution in [0.25, 0.3) is 0 Å². The topological polar surface area (TPSA) is 61.9 Å². The summed E-state index contributed by atoms with van der Waals surface area (Å²) in [6, 6.07) is 12.9. The van der Waals surface area contributed by atoms with Crippen molar-refractivity contribution in [3.05, 3.63) is 53.6 Å². The zero-order chi connectivity index (χ0) is 19.6. The number of carbonyl (C=O) groups is 2. The van der Waals surface area contributed by atoms with Crippen molar-refractivity contribution < 1.29 is 14.3 Å². The summed E-state index contributed by atoms with van der Waals surface area (Å²) in [5.41, 5.74) is 3.68. The Hall–Kier alpha value is -3.02. The van der Waals surface area contributed by atoms with Crippen LogP contribution in [0.15, 0.2) is 42.5 Å². The van der Waals surface area contributed by atoms with Gasteiger partial charge in [0.05, 0.1) is 7.11 Å². The number of aryl methyl sites for hydroxylation is 2. The summed E-state index contributed by atoms with van der Waals surface area (Å²) in [5.74, 6) is 0.583. The van der Waals surface area contributed by atoms with E-state index < -0.39 is 0 Å². The molecule has 0 saturated carbocycles. The molecule has 1 fully saturated rings. The summed E-state index contributed by atoms with van der Waals surface area (Å²) in [4.78, 5) is 28.7. The van der Waals surface area contributed by atoms with Crippen LogP contribution >= 0.6 is 0 Å². The zero-order valence-corrected chi connectivity index (χ0v) is 16.2. The Bertz CT molecular complexity index is 845. The molecule has 2 aromatic carbocycles. The van der Waals surface area contributed by atoms with Crippen LogP contribution in [0, 0.1) is 13.8 Å². The first-order chi connectivity index (χ1) is 12.9. The number of anilines is 2. The number of amides is 3. The summed E-state index contributed by atoms with van der Waals surface area (Å²) in [6.45, 7) is 6.39. The molecule has 0 unspecified atom stereocenters. The van der Waals surface area contributed by atoms with E-state index in [2.05, 4.69) is 11.4 Å². The van der Waals surface area contributed by atoms with Gasteiger partial charge in [-0.3, -0.25) is 4.79 Å². The second-order valence-electron chi connectivity index (χ2n) is 6.99. The molecular weight excluding hydrogens is 342 g/mol. The maximum absolute atomic E-state index is 12.7. The van der Waals surface area contributed by atoms with Gasteiger partial charge in [0.1, 0.15) is 12.3 Å². The summed E-state index contributed by atoms with van der Waals surface area (Å²) < 4.78 is 5.24. The molecule has 1 saturated heterocycles. The molecule has 142 valence electrons. The minimum absolute atomic E-state index is 0.0367. The van der Waals surface area contributed by atoms with Crippen molar-refractivity contribution in [2.45, 2.75) is 26.8 Å². The number of ether oxygens (including phenoxy) is 1. The molecule has 3 rings (SSSR count). The molecule has 0 aromatic heterocycles. The van der Waals surface area contributed by atoms with E-state index in [1.165, 1.54) is 0 Å². The normalized spacial score (nSPS) is 17.0. The molecule has 6 heteroatoms. The van der Waals surface area contributed by atoms with Crippen molar-refractivity contribution in [3.63, 3.8) is 0 Å². The second kappa shape index (κ2) is 7.70. The van der Waals surface area contributed by atoms with Crippen molar-refractivity contribution in [1.82, 2.24) is 4.90 Å². The fourth-order valence-electron chi connectivity index (χ4n) is 3.39. The molecule has 0 aliphatic carbocycles. The Labute approximate surface area is 159 Å². The van der Waals surface area contributed by atoms with Crippen molar-refractivity contribution in [1.29, 1.82) is 0 Å². The van der Waals surface area contributed by atoms with Gasteiger partial charge in [0.2, 0.25) is 5.91 Å². The number of hydrogen-bond acceptors (Lipinski definition) is 3. The van der Waals surface area contributed by atoms with Gasteiger partial charge in [-0.2, -0.15) is 0 Å². The lowest BCUT2D eigenvalue weighted by Gasteiger charge is -2.39. The van der Waals surface area contributed by atoms with Gasteiger partial charge >= 0.3 is 6.03 Å². The van der Waals surface area contributed by atoms with Gasteiger partial charge in [0.25, 0.3) is 0 Å². The van der Waals surface area contributed by atoms with E-state index in [-0.39, 0.29) is 24.5 Å². The molecule has 3 amide bonds. The maximum atomic E-state index is 12.7. The van der Waals surface area contributed by atoms with E-state index in [9.17, 15) is 9.59 Å². The number of carbonyl (C=O) groups excluding carboxylic acids is 2. The Morgan fingerprint density at radius 3 is 2.52 bits per heavy atom. The van der Waals surface area contributed by atoms with E-state index in [4.69, 9.17) is 4.74 Å².